The second-order valence-electron chi connectivity index (χ2n) is 4.61. The van der Waals surface area contributed by atoms with Gasteiger partial charge in [0, 0.05) is 5.56 Å². The zero-order valence-electron chi connectivity index (χ0n) is 10.1. The van der Waals surface area contributed by atoms with Crippen LogP contribution < -0.4 is 0 Å². The molecule has 18 heavy (non-hydrogen) atoms. The van der Waals surface area contributed by atoms with Crippen molar-refractivity contribution < 1.29 is 14.4 Å². The van der Waals surface area contributed by atoms with E-state index in [1.165, 1.54) is 17.5 Å². The van der Waals surface area contributed by atoms with Gasteiger partial charge in [0.25, 0.3) is 0 Å². The van der Waals surface area contributed by atoms with Crippen LogP contribution in [0.25, 0.3) is 11.3 Å². The summed E-state index contributed by atoms with van der Waals surface area (Å²) in [6, 6.07) is 5.99. The summed E-state index contributed by atoms with van der Waals surface area (Å²) in [7, 11) is 0. The van der Waals surface area contributed by atoms with Crippen LogP contribution in [0.15, 0.2) is 22.7 Å². The highest BCUT2D eigenvalue weighted by atomic mass is 16.5. The molecule has 3 rings (SSSR count). The predicted octanol–water partition coefficient (Wildman–Crippen LogP) is 2.84. The Kier molecular flexibility index (Phi) is 2.44. The largest absolute Gasteiger partial charge is 0.477 e. The van der Waals surface area contributed by atoms with Crippen molar-refractivity contribution in [1.82, 2.24) is 5.16 Å². The molecule has 0 unspecified atom stereocenters. The van der Waals surface area contributed by atoms with E-state index in [0.717, 1.165) is 18.4 Å². The van der Waals surface area contributed by atoms with Crippen molar-refractivity contribution in [2.75, 3.05) is 0 Å². The van der Waals surface area contributed by atoms with Crippen LogP contribution >= 0.6 is 0 Å². The molecular formula is C14H13NO3. The fraction of sp³-hybridized carbons (Fsp3) is 0.286. The zero-order chi connectivity index (χ0) is 12.7. The van der Waals surface area contributed by atoms with Gasteiger partial charge in [-0.1, -0.05) is 17.3 Å². The number of hydrogen-bond acceptors (Lipinski definition) is 3. The van der Waals surface area contributed by atoms with Crippen LogP contribution in [-0.2, 0) is 12.8 Å². The molecule has 1 heterocycles. The summed E-state index contributed by atoms with van der Waals surface area (Å²) in [5, 5.41) is 12.9. The maximum Gasteiger partial charge on any atom is 0.341 e. The van der Waals surface area contributed by atoms with Gasteiger partial charge in [-0.15, -0.1) is 0 Å². The van der Waals surface area contributed by atoms with Gasteiger partial charge in [-0.05, 0) is 43.4 Å². The van der Waals surface area contributed by atoms with Crippen LogP contribution in [0, 0.1) is 6.92 Å². The second-order valence-corrected chi connectivity index (χ2v) is 4.61. The highest BCUT2D eigenvalue weighted by molar-refractivity contribution is 5.95. The fourth-order valence-electron chi connectivity index (χ4n) is 2.53. The van der Waals surface area contributed by atoms with Gasteiger partial charge in [0.2, 0.25) is 0 Å². The van der Waals surface area contributed by atoms with E-state index in [4.69, 9.17) is 4.52 Å². The van der Waals surface area contributed by atoms with Crippen molar-refractivity contribution in [3.63, 3.8) is 0 Å². The van der Waals surface area contributed by atoms with Gasteiger partial charge in [0.05, 0.1) is 5.69 Å². The van der Waals surface area contributed by atoms with E-state index < -0.39 is 5.97 Å². The molecule has 2 aromatic rings. The third-order valence-corrected chi connectivity index (χ3v) is 3.44. The Morgan fingerprint density at radius 2 is 2.11 bits per heavy atom. The number of aryl methyl sites for hydroxylation is 3. The molecule has 1 aromatic carbocycles. The number of rotatable bonds is 2. The van der Waals surface area contributed by atoms with E-state index in [1.807, 2.05) is 12.1 Å². The first-order valence-corrected chi connectivity index (χ1v) is 5.98. The Hall–Kier alpha value is -2.10. The molecule has 4 nitrogen and oxygen atoms in total. The van der Waals surface area contributed by atoms with Crippen LogP contribution in [0.1, 0.15) is 33.6 Å². The van der Waals surface area contributed by atoms with Gasteiger partial charge in [0.1, 0.15) is 5.56 Å². The quantitative estimate of drug-likeness (QED) is 0.880. The van der Waals surface area contributed by atoms with Crippen LogP contribution in [0.2, 0.25) is 0 Å². The molecule has 0 saturated carbocycles. The highest BCUT2D eigenvalue weighted by Gasteiger charge is 2.22. The highest BCUT2D eigenvalue weighted by Crippen LogP contribution is 2.31. The maximum atomic E-state index is 11.2. The number of aromatic nitrogens is 1. The monoisotopic (exact) mass is 243 g/mol. The molecule has 0 saturated heterocycles. The number of carbonyl (C=O) groups is 1. The van der Waals surface area contributed by atoms with Crippen molar-refractivity contribution in [2.45, 2.75) is 26.2 Å². The third-order valence-electron chi connectivity index (χ3n) is 3.44. The number of benzene rings is 1. The number of aromatic carboxylic acids is 1. The van der Waals surface area contributed by atoms with Gasteiger partial charge < -0.3 is 9.63 Å². The molecule has 0 bridgehead atoms. The number of fused-ring (bicyclic) bond motifs is 1. The van der Waals surface area contributed by atoms with Crippen LogP contribution in [-0.4, -0.2) is 16.2 Å². The third kappa shape index (κ3) is 1.61. The Morgan fingerprint density at radius 3 is 2.89 bits per heavy atom. The Balaban J connectivity index is 2.13. The van der Waals surface area contributed by atoms with Gasteiger partial charge in [0.15, 0.2) is 5.76 Å². The van der Waals surface area contributed by atoms with E-state index in [2.05, 4.69) is 11.2 Å². The average Bonchev–Trinajstić information content (AvgIpc) is 2.93. The lowest BCUT2D eigenvalue weighted by molar-refractivity contribution is 0.0696. The van der Waals surface area contributed by atoms with E-state index in [9.17, 15) is 9.90 Å². The predicted molar refractivity (Wildman–Crippen MR) is 65.7 cm³/mol. The van der Waals surface area contributed by atoms with Crippen LogP contribution in [0.3, 0.4) is 0 Å². The van der Waals surface area contributed by atoms with E-state index in [0.29, 0.717) is 11.5 Å². The van der Waals surface area contributed by atoms with Gasteiger partial charge in [-0.25, -0.2) is 4.79 Å². The molecule has 92 valence electrons. The molecule has 1 aliphatic rings. The molecule has 0 amide bonds. The average molecular weight is 243 g/mol. The summed E-state index contributed by atoms with van der Waals surface area (Å²) in [5.74, 6) is -0.640. The number of carboxylic acids is 1. The molecule has 0 atom stereocenters. The molecule has 0 aliphatic heterocycles. The summed E-state index contributed by atoms with van der Waals surface area (Å²) in [4.78, 5) is 11.2. The van der Waals surface area contributed by atoms with Crippen LogP contribution in [0.4, 0.5) is 0 Å². The molecule has 1 aromatic heterocycles. The standard InChI is InChI=1S/C14H13NO3/c1-8-12(14(16)17)13(18-15-8)11-6-5-9-3-2-4-10(9)7-11/h5-7H,2-4H2,1H3,(H,16,17). The minimum absolute atomic E-state index is 0.160. The first-order chi connectivity index (χ1) is 8.66. The second kappa shape index (κ2) is 3.98. The SMILES string of the molecule is Cc1noc(-c2ccc3c(c2)CCC3)c1C(=O)O. The maximum absolute atomic E-state index is 11.2. The van der Waals surface area contributed by atoms with Crippen molar-refractivity contribution in [2.24, 2.45) is 0 Å². The molecule has 0 spiro atoms. The lowest BCUT2D eigenvalue weighted by atomic mass is 10.0. The molecule has 4 heteroatoms. The summed E-state index contributed by atoms with van der Waals surface area (Å²) in [6.45, 7) is 1.64. The van der Waals surface area contributed by atoms with Crippen LogP contribution in [0.5, 0.6) is 0 Å². The van der Waals surface area contributed by atoms with E-state index in [-0.39, 0.29) is 5.56 Å². The topological polar surface area (TPSA) is 63.3 Å². The van der Waals surface area contributed by atoms with Crippen molar-refractivity contribution in [3.05, 3.63) is 40.6 Å². The zero-order valence-corrected chi connectivity index (χ0v) is 10.1. The van der Waals surface area contributed by atoms with Crippen molar-refractivity contribution in [1.29, 1.82) is 0 Å². The smallest absolute Gasteiger partial charge is 0.341 e. The lowest BCUT2D eigenvalue weighted by Gasteiger charge is -2.02. The van der Waals surface area contributed by atoms with Crippen molar-refractivity contribution >= 4 is 5.97 Å². The number of nitrogens with zero attached hydrogens (tertiary/aromatic N) is 1. The summed E-state index contributed by atoms with van der Waals surface area (Å²) in [5.41, 5.74) is 4.02. The molecule has 1 N–H and O–H groups in total. The summed E-state index contributed by atoms with van der Waals surface area (Å²) in [6.07, 6.45) is 3.33. The fourth-order valence-corrected chi connectivity index (χ4v) is 2.53. The Bertz CT molecular complexity index is 628. The molecule has 0 radical (unpaired) electrons. The Morgan fingerprint density at radius 1 is 1.33 bits per heavy atom. The van der Waals surface area contributed by atoms with Crippen molar-refractivity contribution in [3.8, 4) is 11.3 Å². The minimum atomic E-state index is -0.996. The van der Waals surface area contributed by atoms with Gasteiger partial charge in [-0.2, -0.15) is 0 Å². The summed E-state index contributed by atoms with van der Waals surface area (Å²) >= 11 is 0. The Labute approximate surface area is 104 Å². The number of carboxylic acid groups (broad SMARTS) is 1. The number of hydrogen-bond donors (Lipinski definition) is 1. The van der Waals surface area contributed by atoms with E-state index in [1.54, 1.807) is 6.92 Å². The van der Waals surface area contributed by atoms with Gasteiger partial charge in [-0.3, -0.25) is 0 Å². The minimum Gasteiger partial charge on any atom is -0.477 e. The molecular weight excluding hydrogens is 230 g/mol. The van der Waals surface area contributed by atoms with Gasteiger partial charge >= 0.3 is 5.97 Å². The molecule has 1 aliphatic carbocycles. The van der Waals surface area contributed by atoms with E-state index >= 15 is 0 Å². The summed E-state index contributed by atoms with van der Waals surface area (Å²) < 4.78 is 5.17. The first-order valence-electron chi connectivity index (χ1n) is 5.98. The first kappa shape index (κ1) is 11.0. The lowest BCUT2D eigenvalue weighted by Crippen LogP contribution is -1.99. The molecule has 0 fully saturated rings. The normalized spacial score (nSPS) is 13.6.